The first-order valence-electron chi connectivity index (χ1n) is 11.3. The summed E-state index contributed by atoms with van der Waals surface area (Å²) in [6.45, 7) is 2.44. The van der Waals surface area contributed by atoms with Gasteiger partial charge in [0.15, 0.2) is 16.7 Å². The lowest BCUT2D eigenvalue weighted by atomic mass is 9.67. The van der Waals surface area contributed by atoms with Crippen molar-refractivity contribution in [2.45, 2.75) is 29.5 Å². The van der Waals surface area contributed by atoms with Crippen LogP contribution in [0.2, 0.25) is 0 Å². The quantitative estimate of drug-likeness (QED) is 0.128. The first-order chi connectivity index (χ1) is 16.9. The van der Waals surface area contributed by atoms with Crippen LogP contribution in [-0.4, -0.2) is 65.6 Å². The molecule has 2 heterocycles. The van der Waals surface area contributed by atoms with Gasteiger partial charge in [-0.05, 0) is 24.6 Å². The first kappa shape index (κ1) is 28.1. The molecule has 0 bridgehead atoms. The van der Waals surface area contributed by atoms with Crippen molar-refractivity contribution in [1.29, 1.82) is 0 Å². The van der Waals surface area contributed by atoms with E-state index < -0.39 is 14.6 Å². The Morgan fingerprint density at radius 3 is 2.44 bits per heavy atom. The lowest BCUT2D eigenvalue weighted by molar-refractivity contribution is 0.299. The molecule has 0 amide bonds. The number of aromatic nitrogens is 3. The van der Waals surface area contributed by atoms with E-state index in [1.165, 1.54) is 22.7 Å². The van der Waals surface area contributed by atoms with Gasteiger partial charge >= 0.3 is 0 Å². The number of benzene rings is 1. The standard InChI is InChI=1S/C21H30B2N6O4S3/c1-4-5-15-18(21(22,23)35-20-27-16(24)11-17(25)28-20)29-19(34-15)12-6-7-13(32-2)14(10-12)33-9-8-26-36(3,30)31/h6-7,10-11,26H,4-5,8-9,22-23H2,1-3H3,(H4,24,25,27,28). The normalized spacial score (nSPS) is 12.0. The van der Waals surface area contributed by atoms with Crippen LogP contribution in [0, 0.1) is 0 Å². The number of sulfonamides is 1. The molecule has 0 unspecified atom stereocenters. The van der Waals surface area contributed by atoms with Gasteiger partial charge < -0.3 is 20.9 Å². The molecule has 0 spiro atoms. The second kappa shape index (κ2) is 11.7. The molecule has 1 aromatic carbocycles. The molecule has 0 atom stereocenters. The number of aryl methyl sites for hydroxylation is 1. The van der Waals surface area contributed by atoms with Gasteiger partial charge in [-0.2, -0.15) is 0 Å². The van der Waals surface area contributed by atoms with Gasteiger partial charge in [-0.1, -0.05) is 25.1 Å². The minimum atomic E-state index is -3.29. The van der Waals surface area contributed by atoms with E-state index in [1.807, 2.05) is 18.2 Å². The molecular weight excluding hydrogens is 518 g/mol. The smallest absolute Gasteiger partial charge is 0.208 e. The Hall–Kier alpha value is -2.48. The van der Waals surface area contributed by atoms with Crippen LogP contribution in [0.5, 0.6) is 11.5 Å². The van der Waals surface area contributed by atoms with Gasteiger partial charge in [0.2, 0.25) is 10.0 Å². The molecular formula is C21H30B2N6O4S3. The third-order valence-electron chi connectivity index (χ3n) is 4.97. The SMILES string of the molecule is BC(B)(Sc1nc(N)cc(N)n1)c1nc(-c2ccc(OC)c(OCCNS(C)(=O)=O)c2)sc1CCC. The number of nitrogens with one attached hydrogen (secondary N) is 1. The Morgan fingerprint density at radius 1 is 1.14 bits per heavy atom. The van der Waals surface area contributed by atoms with E-state index in [9.17, 15) is 8.42 Å². The molecule has 15 heteroatoms. The van der Waals surface area contributed by atoms with Crippen LogP contribution >= 0.6 is 23.1 Å². The fourth-order valence-corrected chi connectivity index (χ4v) is 6.30. The van der Waals surface area contributed by atoms with E-state index in [0.29, 0.717) is 28.3 Å². The van der Waals surface area contributed by atoms with Gasteiger partial charge in [0.05, 0.1) is 19.1 Å². The molecule has 5 N–H and O–H groups in total. The van der Waals surface area contributed by atoms with E-state index in [0.717, 1.165) is 35.4 Å². The predicted molar refractivity (Wildman–Crippen MR) is 152 cm³/mol. The van der Waals surface area contributed by atoms with Crippen molar-refractivity contribution >= 4 is 60.5 Å². The first-order valence-corrected chi connectivity index (χ1v) is 14.8. The number of hydrogen-bond acceptors (Lipinski definition) is 11. The van der Waals surface area contributed by atoms with Crippen LogP contribution < -0.4 is 25.7 Å². The van der Waals surface area contributed by atoms with Gasteiger partial charge in [-0.3, -0.25) is 0 Å². The molecule has 2 aromatic heterocycles. The summed E-state index contributed by atoms with van der Waals surface area (Å²) < 4.78 is 35.8. The molecule has 0 aliphatic rings. The number of ether oxygens (including phenoxy) is 2. The Balaban J connectivity index is 1.91. The van der Waals surface area contributed by atoms with Crippen molar-refractivity contribution in [3.05, 3.63) is 34.8 Å². The maximum atomic E-state index is 11.3. The average Bonchev–Trinajstić information content (AvgIpc) is 3.20. The zero-order chi connectivity index (χ0) is 26.5. The summed E-state index contributed by atoms with van der Waals surface area (Å²) in [6.07, 6.45) is 2.96. The largest absolute Gasteiger partial charge is 0.493 e. The zero-order valence-corrected chi connectivity index (χ0v) is 23.4. The topological polar surface area (TPSA) is 155 Å². The third kappa shape index (κ3) is 7.51. The number of thiazole rings is 1. The molecule has 0 saturated heterocycles. The summed E-state index contributed by atoms with van der Waals surface area (Å²) in [5.41, 5.74) is 13.6. The number of rotatable bonds is 12. The fraction of sp³-hybridized carbons (Fsp3) is 0.381. The molecule has 3 aromatic rings. The maximum Gasteiger partial charge on any atom is 0.208 e. The van der Waals surface area contributed by atoms with Crippen LogP contribution in [0.3, 0.4) is 0 Å². The fourth-order valence-electron chi connectivity index (χ4n) is 3.44. The number of nitrogen functional groups attached to an aromatic ring is 2. The number of methoxy groups -OCH3 is 1. The van der Waals surface area contributed by atoms with Crippen molar-refractivity contribution in [3.8, 4) is 22.1 Å². The van der Waals surface area contributed by atoms with Crippen LogP contribution in [0.4, 0.5) is 11.6 Å². The van der Waals surface area contributed by atoms with Crippen molar-refractivity contribution < 1.29 is 17.9 Å². The number of hydrogen-bond donors (Lipinski definition) is 3. The van der Waals surface area contributed by atoms with Crippen molar-refractivity contribution in [2.24, 2.45) is 0 Å². The van der Waals surface area contributed by atoms with Gasteiger partial charge in [0.1, 0.15) is 38.9 Å². The van der Waals surface area contributed by atoms with Crippen LogP contribution in [0.1, 0.15) is 23.9 Å². The molecule has 0 aliphatic heterocycles. The van der Waals surface area contributed by atoms with Crippen molar-refractivity contribution in [3.63, 3.8) is 0 Å². The monoisotopic (exact) mass is 548 g/mol. The molecule has 10 nitrogen and oxygen atoms in total. The lowest BCUT2D eigenvalue weighted by Gasteiger charge is -2.23. The van der Waals surface area contributed by atoms with E-state index in [4.69, 9.17) is 25.9 Å². The highest BCUT2D eigenvalue weighted by atomic mass is 32.2. The number of nitrogens with zero attached hydrogens (tertiary/aromatic N) is 3. The van der Waals surface area contributed by atoms with E-state index in [2.05, 4.69) is 37.3 Å². The molecule has 36 heavy (non-hydrogen) atoms. The highest BCUT2D eigenvalue weighted by Crippen LogP contribution is 2.42. The summed E-state index contributed by atoms with van der Waals surface area (Å²) in [4.78, 5) is 14.8. The average molecular weight is 548 g/mol. The zero-order valence-electron chi connectivity index (χ0n) is 21.0. The molecule has 0 saturated carbocycles. The van der Waals surface area contributed by atoms with Gasteiger partial charge in [0, 0.05) is 27.6 Å². The number of thioether (sulfide) groups is 1. The summed E-state index contributed by atoms with van der Waals surface area (Å²) in [5.74, 6) is 1.71. The second-order valence-corrected chi connectivity index (χ2v) is 13.0. The van der Waals surface area contributed by atoms with Crippen molar-refractivity contribution in [1.82, 2.24) is 19.7 Å². The highest BCUT2D eigenvalue weighted by Gasteiger charge is 2.30. The summed E-state index contributed by atoms with van der Waals surface area (Å²) in [6, 6.07) is 7.14. The van der Waals surface area contributed by atoms with Gasteiger partial charge in [-0.25, -0.2) is 28.1 Å². The number of nitrogens with two attached hydrogens (primary N) is 2. The van der Waals surface area contributed by atoms with Crippen LogP contribution in [0.25, 0.3) is 10.6 Å². The molecule has 0 fully saturated rings. The summed E-state index contributed by atoms with van der Waals surface area (Å²) in [7, 11) is 2.43. The molecule has 0 aliphatic carbocycles. The molecule has 3 rings (SSSR count). The van der Waals surface area contributed by atoms with E-state index in [1.54, 1.807) is 18.4 Å². The van der Waals surface area contributed by atoms with Gasteiger partial charge in [0.25, 0.3) is 0 Å². The third-order valence-corrected chi connectivity index (χ3v) is 7.93. The number of anilines is 2. The van der Waals surface area contributed by atoms with E-state index >= 15 is 0 Å². The van der Waals surface area contributed by atoms with Gasteiger partial charge in [-0.15, -0.1) is 11.3 Å². The molecule has 192 valence electrons. The highest BCUT2D eigenvalue weighted by molar-refractivity contribution is 8.02. The molecule has 0 radical (unpaired) electrons. The Kier molecular flexibility index (Phi) is 9.14. The summed E-state index contributed by atoms with van der Waals surface area (Å²) in [5, 5.41) is 1.34. The minimum Gasteiger partial charge on any atom is -0.493 e. The van der Waals surface area contributed by atoms with Crippen molar-refractivity contribution in [2.75, 3.05) is 38.0 Å². The van der Waals surface area contributed by atoms with Crippen LogP contribution in [0.15, 0.2) is 29.4 Å². The lowest BCUT2D eigenvalue weighted by Crippen LogP contribution is -2.26. The minimum absolute atomic E-state index is 0.149. The summed E-state index contributed by atoms with van der Waals surface area (Å²) >= 11 is 3.09. The Morgan fingerprint density at radius 2 is 1.83 bits per heavy atom. The second-order valence-electron chi connectivity index (χ2n) is 8.53. The van der Waals surface area contributed by atoms with Crippen LogP contribution in [-0.2, 0) is 21.0 Å². The maximum absolute atomic E-state index is 11.3. The van der Waals surface area contributed by atoms with E-state index in [-0.39, 0.29) is 13.2 Å². The Bertz CT molecular complexity index is 1300. The predicted octanol–water partition coefficient (Wildman–Crippen LogP) is 0.822. The Labute approximate surface area is 221 Å².